The van der Waals surface area contributed by atoms with Gasteiger partial charge in [0.25, 0.3) is 5.56 Å². The van der Waals surface area contributed by atoms with E-state index in [4.69, 9.17) is 9.72 Å². The van der Waals surface area contributed by atoms with Gasteiger partial charge in [0.15, 0.2) is 11.2 Å². The third-order valence-electron chi connectivity index (χ3n) is 6.85. The van der Waals surface area contributed by atoms with Crippen LogP contribution in [0.4, 0.5) is 5.95 Å². The SMILES string of the molecule is CCOCCn1c(=O)c2c(nc(N3CCCNCC3)n2Cc2ccccc2I)n(Cc2ccccc2)c1=O. The number of fused-ring (bicyclic) bond motifs is 1. The van der Waals surface area contributed by atoms with Gasteiger partial charge in [0, 0.05) is 29.8 Å². The molecule has 5 rings (SSSR count). The van der Waals surface area contributed by atoms with Crippen molar-refractivity contribution in [3.05, 3.63) is 90.1 Å². The molecule has 9 nitrogen and oxygen atoms in total. The van der Waals surface area contributed by atoms with E-state index in [0.29, 0.717) is 30.9 Å². The Balaban J connectivity index is 1.76. The number of hydrogen-bond donors (Lipinski definition) is 1. The fraction of sp³-hybridized carbons (Fsp3) is 0.393. The molecule has 3 heterocycles. The van der Waals surface area contributed by atoms with E-state index in [1.165, 1.54) is 4.57 Å². The molecule has 1 N–H and O–H groups in total. The van der Waals surface area contributed by atoms with Crippen LogP contribution < -0.4 is 21.5 Å². The summed E-state index contributed by atoms with van der Waals surface area (Å²) in [6.45, 7) is 7.08. The van der Waals surface area contributed by atoms with Crippen molar-refractivity contribution in [1.82, 2.24) is 24.0 Å². The number of halogens is 1. The zero-order chi connectivity index (χ0) is 26.5. The summed E-state index contributed by atoms with van der Waals surface area (Å²) in [5, 5.41) is 3.45. The van der Waals surface area contributed by atoms with Crippen LogP contribution in [0.5, 0.6) is 0 Å². The number of hydrogen-bond acceptors (Lipinski definition) is 6. The van der Waals surface area contributed by atoms with Crippen molar-refractivity contribution in [3.8, 4) is 0 Å². The number of rotatable bonds is 9. The second-order valence-corrected chi connectivity index (χ2v) is 10.5. The van der Waals surface area contributed by atoms with Crippen molar-refractivity contribution in [2.24, 2.45) is 0 Å². The van der Waals surface area contributed by atoms with E-state index in [1.807, 2.05) is 54.0 Å². The molecule has 4 aromatic rings. The molecule has 200 valence electrons. The van der Waals surface area contributed by atoms with E-state index in [-0.39, 0.29) is 24.4 Å². The third-order valence-corrected chi connectivity index (χ3v) is 7.90. The Labute approximate surface area is 235 Å². The van der Waals surface area contributed by atoms with E-state index >= 15 is 0 Å². The van der Waals surface area contributed by atoms with Crippen LogP contribution in [-0.2, 0) is 24.4 Å². The second-order valence-electron chi connectivity index (χ2n) is 9.36. The number of aromatic nitrogens is 4. The lowest BCUT2D eigenvalue weighted by atomic mass is 10.2. The molecule has 10 heteroatoms. The first-order valence-electron chi connectivity index (χ1n) is 13.1. The van der Waals surface area contributed by atoms with Gasteiger partial charge in [-0.15, -0.1) is 0 Å². The molecule has 0 radical (unpaired) electrons. The highest BCUT2D eigenvalue weighted by atomic mass is 127. The van der Waals surface area contributed by atoms with Gasteiger partial charge >= 0.3 is 5.69 Å². The van der Waals surface area contributed by atoms with Gasteiger partial charge in [-0.05, 0) is 59.7 Å². The molecule has 38 heavy (non-hydrogen) atoms. The number of nitrogens with zero attached hydrogens (tertiary/aromatic N) is 5. The Kier molecular flexibility index (Phi) is 8.60. The van der Waals surface area contributed by atoms with E-state index in [9.17, 15) is 9.59 Å². The summed E-state index contributed by atoms with van der Waals surface area (Å²) in [7, 11) is 0. The van der Waals surface area contributed by atoms with Crippen LogP contribution >= 0.6 is 22.6 Å². The van der Waals surface area contributed by atoms with Crippen LogP contribution in [0, 0.1) is 3.57 Å². The van der Waals surface area contributed by atoms with Gasteiger partial charge in [-0.3, -0.25) is 18.5 Å². The highest BCUT2D eigenvalue weighted by Crippen LogP contribution is 2.24. The topological polar surface area (TPSA) is 86.3 Å². The molecule has 0 amide bonds. The normalized spacial score (nSPS) is 14.2. The molecule has 2 aromatic heterocycles. The average Bonchev–Trinajstić information content (AvgIpc) is 3.09. The standard InChI is InChI=1S/C28H33IN6O3/c1-2-38-18-17-33-26(36)24-25(35(28(33)37)19-21-9-4-3-5-10-21)31-27(32-15-8-13-30-14-16-32)34(24)20-22-11-6-7-12-23(22)29/h3-7,9-12,30H,2,8,13-20H2,1H3. The van der Waals surface area contributed by atoms with Crippen LogP contribution in [0.3, 0.4) is 0 Å². The summed E-state index contributed by atoms with van der Waals surface area (Å²) in [5.41, 5.74) is 2.25. The smallest absolute Gasteiger partial charge is 0.333 e. The van der Waals surface area contributed by atoms with E-state index < -0.39 is 0 Å². The number of nitrogens with one attached hydrogen (secondary N) is 1. The second kappa shape index (κ2) is 12.3. The molecular weight excluding hydrogens is 595 g/mol. The number of benzene rings is 2. The molecule has 0 bridgehead atoms. The minimum absolute atomic E-state index is 0.188. The largest absolute Gasteiger partial charge is 0.380 e. The van der Waals surface area contributed by atoms with Crippen LogP contribution in [0.25, 0.3) is 11.2 Å². The van der Waals surface area contributed by atoms with Crippen LogP contribution in [-0.4, -0.2) is 58.1 Å². The summed E-state index contributed by atoms with van der Waals surface area (Å²) in [6, 6.07) is 18.0. The number of anilines is 1. The summed E-state index contributed by atoms with van der Waals surface area (Å²) < 4.78 is 11.6. The van der Waals surface area contributed by atoms with Gasteiger partial charge in [-0.1, -0.05) is 48.5 Å². The maximum Gasteiger partial charge on any atom is 0.333 e. The van der Waals surface area contributed by atoms with Gasteiger partial charge in [0.05, 0.1) is 26.2 Å². The molecule has 2 aromatic carbocycles. The minimum atomic E-state index is -0.367. The Bertz CT molecular complexity index is 1500. The maximum absolute atomic E-state index is 14.0. The lowest BCUT2D eigenvalue weighted by Crippen LogP contribution is -2.41. The molecule has 0 aliphatic carbocycles. The quantitative estimate of drug-likeness (QED) is 0.227. The lowest BCUT2D eigenvalue weighted by molar-refractivity contribution is 0.137. The highest BCUT2D eigenvalue weighted by molar-refractivity contribution is 14.1. The highest BCUT2D eigenvalue weighted by Gasteiger charge is 2.25. The predicted octanol–water partition coefficient (Wildman–Crippen LogP) is 2.90. The first-order chi connectivity index (χ1) is 18.6. The van der Waals surface area contributed by atoms with Gasteiger partial charge in [0.1, 0.15) is 0 Å². The monoisotopic (exact) mass is 628 g/mol. The van der Waals surface area contributed by atoms with Gasteiger partial charge in [-0.2, -0.15) is 4.98 Å². The zero-order valence-electron chi connectivity index (χ0n) is 21.6. The van der Waals surface area contributed by atoms with Crippen molar-refractivity contribution < 1.29 is 4.74 Å². The van der Waals surface area contributed by atoms with Crippen LogP contribution in [0.15, 0.2) is 64.2 Å². The summed E-state index contributed by atoms with van der Waals surface area (Å²) in [6.07, 6.45) is 0.974. The first-order valence-corrected chi connectivity index (χ1v) is 14.2. The van der Waals surface area contributed by atoms with Crippen molar-refractivity contribution in [1.29, 1.82) is 0 Å². The first kappa shape index (κ1) is 26.6. The molecule has 1 fully saturated rings. The molecular formula is C28H33IN6O3. The molecule has 1 aliphatic rings. The van der Waals surface area contributed by atoms with E-state index in [1.54, 1.807) is 4.57 Å². The van der Waals surface area contributed by atoms with Gasteiger partial charge in [-0.25, -0.2) is 4.79 Å². The predicted molar refractivity (Wildman–Crippen MR) is 158 cm³/mol. The van der Waals surface area contributed by atoms with Gasteiger partial charge in [0.2, 0.25) is 5.95 Å². The van der Waals surface area contributed by atoms with E-state index in [2.05, 4.69) is 44.9 Å². The lowest BCUT2D eigenvalue weighted by Gasteiger charge is -2.22. The Morgan fingerprint density at radius 2 is 1.74 bits per heavy atom. The molecule has 0 saturated carbocycles. The summed E-state index contributed by atoms with van der Waals surface area (Å²) in [4.78, 5) is 35.0. The summed E-state index contributed by atoms with van der Waals surface area (Å²) in [5.74, 6) is 0.726. The summed E-state index contributed by atoms with van der Waals surface area (Å²) >= 11 is 2.33. The molecule has 1 aliphatic heterocycles. The van der Waals surface area contributed by atoms with Crippen molar-refractivity contribution in [2.75, 3.05) is 44.3 Å². The molecule has 0 unspecified atom stereocenters. The maximum atomic E-state index is 14.0. The average molecular weight is 629 g/mol. The molecule has 0 atom stereocenters. The fourth-order valence-electron chi connectivity index (χ4n) is 4.92. The fourth-order valence-corrected chi connectivity index (χ4v) is 5.48. The Morgan fingerprint density at radius 1 is 0.947 bits per heavy atom. The number of imidazole rings is 1. The van der Waals surface area contributed by atoms with Crippen molar-refractivity contribution in [2.45, 2.75) is 33.0 Å². The Morgan fingerprint density at radius 3 is 2.53 bits per heavy atom. The molecule has 1 saturated heterocycles. The van der Waals surface area contributed by atoms with Crippen LogP contribution in [0.2, 0.25) is 0 Å². The number of ether oxygens (including phenoxy) is 1. The Hall–Kier alpha value is -2.96. The van der Waals surface area contributed by atoms with Crippen molar-refractivity contribution >= 4 is 39.7 Å². The third kappa shape index (κ3) is 5.57. The molecule has 0 spiro atoms. The van der Waals surface area contributed by atoms with Crippen LogP contribution in [0.1, 0.15) is 24.5 Å². The van der Waals surface area contributed by atoms with Crippen molar-refractivity contribution in [3.63, 3.8) is 0 Å². The zero-order valence-corrected chi connectivity index (χ0v) is 23.8. The minimum Gasteiger partial charge on any atom is -0.380 e. The van der Waals surface area contributed by atoms with Gasteiger partial charge < -0.3 is 15.0 Å². The van der Waals surface area contributed by atoms with E-state index in [0.717, 1.165) is 53.2 Å².